The summed E-state index contributed by atoms with van der Waals surface area (Å²) >= 11 is 0. The zero-order valence-electron chi connectivity index (χ0n) is 16.9. The van der Waals surface area contributed by atoms with Gasteiger partial charge in [0.05, 0.1) is 17.2 Å². The van der Waals surface area contributed by atoms with Gasteiger partial charge in [0, 0.05) is 24.7 Å². The summed E-state index contributed by atoms with van der Waals surface area (Å²) < 4.78 is 33.9. The van der Waals surface area contributed by atoms with Crippen molar-refractivity contribution in [2.45, 2.75) is 36.3 Å². The van der Waals surface area contributed by atoms with Crippen molar-refractivity contribution in [2.24, 2.45) is 0 Å². The molecule has 2 aromatic carbocycles. The van der Waals surface area contributed by atoms with Gasteiger partial charge in [-0.05, 0) is 31.5 Å². The lowest BCUT2D eigenvalue weighted by Gasteiger charge is -2.33. The maximum Gasteiger partial charge on any atom is 0.320 e. The number of carboxylic acid groups (broad SMARTS) is 1. The van der Waals surface area contributed by atoms with Crippen LogP contribution in [0.3, 0.4) is 0 Å². The van der Waals surface area contributed by atoms with Crippen LogP contribution in [-0.4, -0.2) is 57.2 Å². The van der Waals surface area contributed by atoms with Crippen molar-refractivity contribution >= 4 is 21.7 Å². The molecule has 0 aliphatic carbocycles. The van der Waals surface area contributed by atoms with E-state index in [1.54, 1.807) is 31.3 Å². The van der Waals surface area contributed by atoms with E-state index in [1.807, 2.05) is 29.2 Å². The fraction of sp³-hybridized carbons (Fsp3) is 0.409. The molecule has 0 bridgehead atoms. The Balaban J connectivity index is 1.64. The van der Waals surface area contributed by atoms with E-state index in [0.717, 1.165) is 24.9 Å². The van der Waals surface area contributed by atoms with E-state index in [1.165, 1.54) is 4.31 Å². The monoisotopic (exact) mass is 430 g/mol. The molecule has 2 aliphatic heterocycles. The number of carboxylic acids is 1. The number of likely N-dealkylation sites (tertiary alicyclic amines) is 1. The Hall–Kier alpha value is -2.42. The molecular weight excluding hydrogens is 404 g/mol. The molecular formula is C22H26N2O5S. The second-order valence-corrected chi connectivity index (χ2v) is 9.64. The number of rotatable bonds is 5. The number of fused-ring (bicyclic) bond motifs is 2. The predicted octanol–water partition coefficient (Wildman–Crippen LogP) is 2.87. The van der Waals surface area contributed by atoms with Gasteiger partial charge in [0.25, 0.3) is 10.0 Å². The molecule has 2 aliphatic rings. The van der Waals surface area contributed by atoms with Crippen LogP contribution in [0.5, 0.6) is 0 Å². The van der Waals surface area contributed by atoms with Gasteiger partial charge in [0.2, 0.25) is 0 Å². The van der Waals surface area contributed by atoms with E-state index in [0.29, 0.717) is 30.8 Å². The molecule has 4 rings (SSSR count). The molecule has 2 unspecified atom stereocenters. The minimum atomic E-state index is -3.70. The number of hydrogen-bond donors (Lipinski definition) is 1. The highest BCUT2D eigenvalue weighted by atomic mass is 32.2. The summed E-state index contributed by atoms with van der Waals surface area (Å²) in [4.78, 5) is 13.7. The lowest BCUT2D eigenvalue weighted by molar-refractivity contribution is -0.145. The largest absolute Gasteiger partial charge is 0.480 e. The molecule has 2 atom stereocenters. The molecule has 0 spiro atoms. The van der Waals surface area contributed by atoms with Crippen molar-refractivity contribution in [3.05, 3.63) is 59.7 Å². The highest BCUT2D eigenvalue weighted by Gasteiger charge is 2.35. The second kappa shape index (κ2) is 8.37. The summed E-state index contributed by atoms with van der Waals surface area (Å²) in [6.45, 7) is 1.52. The molecule has 2 heterocycles. The number of nitrogens with zero attached hydrogens (tertiary/aromatic N) is 2. The lowest BCUT2D eigenvalue weighted by Crippen LogP contribution is -2.46. The molecule has 8 heteroatoms. The first-order valence-electron chi connectivity index (χ1n) is 10.2. The van der Waals surface area contributed by atoms with Gasteiger partial charge in [-0.3, -0.25) is 14.0 Å². The third-order valence-corrected chi connectivity index (χ3v) is 7.81. The van der Waals surface area contributed by atoms with E-state index < -0.39 is 28.1 Å². The van der Waals surface area contributed by atoms with Crippen molar-refractivity contribution in [1.29, 1.82) is 0 Å². The Kier molecular flexibility index (Phi) is 5.81. The fourth-order valence-electron chi connectivity index (χ4n) is 4.38. The normalized spacial score (nSPS) is 23.3. The van der Waals surface area contributed by atoms with Crippen molar-refractivity contribution in [2.75, 3.05) is 31.0 Å². The first kappa shape index (κ1) is 20.8. The zero-order valence-corrected chi connectivity index (χ0v) is 17.7. The Bertz CT molecular complexity index is 1040. The third kappa shape index (κ3) is 3.71. The Labute approximate surface area is 176 Å². The van der Waals surface area contributed by atoms with Gasteiger partial charge in [-0.1, -0.05) is 42.8 Å². The Morgan fingerprint density at radius 2 is 1.80 bits per heavy atom. The molecule has 1 saturated heterocycles. The quantitative estimate of drug-likeness (QED) is 0.785. The van der Waals surface area contributed by atoms with Crippen LogP contribution in [0, 0.1) is 0 Å². The number of ether oxygens (including phenoxy) is 1. The minimum Gasteiger partial charge on any atom is -0.480 e. The smallest absolute Gasteiger partial charge is 0.320 e. The predicted molar refractivity (Wildman–Crippen MR) is 113 cm³/mol. The molecule has 160 valence electrons. The van der Waals surface area contributed by atoms with Crippen molar-refractivity contribution in [3.8, 4) is 0 Å². The summed E-state index contributed by atoms with van der Waals surface area (Å²) in [7, 11) is -2.15. The number of anilines is 1. The summed E-state index contributed by atoms with van der Waals surface area (Å²) in [5.41, 5.74) is 1.96. The molecule has 0 saturated carbocycles. The van der Waals surface area contributed by atoms with Crippen LogP contribution in [0.15, 0.2) is 53.4 Å². The highest BCUT2D eigenvalue weighted by molar-refractivity contribution is 7.92. The molecule has 30 heavy (non-hydrogen) atoms. The molecule has 2 aromatic rings. The van der Waals surface area contributed by atoms with Crippen LogP contribution in [0.1, 0.15) is 36.5 Å². The Morgan fingerprint density at radius 1 is 1.10 bits per heavy atom. The van der Waals surface area contributed by atoms with Crippen LogP contribution in [0.25, 0.3) is 0 Å². The Morgan fingerprint density at radius 3 is 2.57 bits per heavy atom. The average Bonchev–Trinajstić information content (AvgIpc) is 2.82. The zero-order chi connectivity index (χ0) is 21.3. The SMILES string of the molecule is CN1c2ccccc2C(OCCN2CCCCC2C(=O)O)c2ccccc2S1(=O)=O. The third-order valence-electron chi connectivity index (χ3n) is 5.96. The number of benzene rings is 2. The number of aliphatic carboxylic acids is 1. The average molecular weight is 431 g/mol. The van der Waals surface area contributed by atoms with Gasteiger partial charge in [-0.2, -0.15) is 0 Å². The van der Waals surface area contributed by atoms with Crippen LogP contribution in [0.2, 0.25) is 0 Å². The maximum absolute atomic E-state index is 13.2. The lowest BCUT2D eigenvalue weighted by atomic mass is 9.99. The number of sulfonamides is 1. The highest BCUT2D eigenvalue weighted by Crippen LogP contribution is 2.41. The number of hydrogen-bond acceptors (Lipinski definition) is 5. The summed E-state index contributed by atoms with van der Waals surface area (Å²) in [5, 5.41) is 9.49. The van der Waals surface area contributed by atoms with Crippen molar-refractivity contribution in [3.63, 3.8) is 0 Å². The van der Waals surface area contributed by atoms with E-state index in [4.69, 9.17) is 4.74 Å². The summed E-state index contributed by atoms with van der Waals surface area (Å²) in [6, 6.07) is 13.8. The first-order chi connectivity index (χ1) is 14.4. The van der Waals surface area contributed by atoms with E-state index in [2.05, 4.69) is 0 Å². The molecule has 0 amide bonds. The first-order valence-corrected chi connectivity index (χ1v) is 11.6. The molecule has 1 N–H and O–H groups in total. The molecule has 1 fully saturated rings. The molecule has 0 aromatic heterocycles. The van der Waals surface area contributed by atoms with Gasteiger partial charge < -0.3 is 9.84 Å². The van der Waals surface area contributed by atoms with Crippen molar-refractivity contribution in [1.82, 2.24) is 4.90 Å². The van der Waals surface area contributed by atoms with E-state index >= 15 is 0 Å². The van der Waals surface area contributed by atoms with E-state index in [-0.39, 0.29) is 4.90 Å². The summed E-state index contributed by atoms with van der Waals surface area (Å²) in [5.74, 6) is -0.799. The standard InChI is InChI=1S/C22H26N2O5S/c1-23-18-10-4-2-8-16(18)21(17-9-3-5-12-20(17)30(23,27)28)29-15-14-24-13-7-6-11-19(24)22(25)26/h2-5,8-10,12,19,21H,6-7,11,13-15H2,1H3,(H,25,26). The van der Waals surface area contributed by atoms with Gasteiger partial charge >= 0.3 is 5.97 Å². The van der Waals surface area contributed by atoms with Crippen LogP contribution in [-0.2, 0) is 19.6 Å². The molecule has 0 radical (unpaired) electrons. The maximum atomic E-state index is 13.2. The van der Waals surface area contributed by atoms with Crippen molar-refractivity contribution < 1.29 is 23.1 Å². The fourth-order valence-corrected chi connectivity index (χ4v) is 5.82. The van der Waals surface area contributed by atoms with E-state index in [9.17, 15) is 18.3 Å². The minimum absolute atomic E-state index is 0.232. The van der Waals surface area contributed by atoms with Gasteiger partial charge in [0.15, 0.2) is 0 Å². The van der Waals surface area contributed by atoms with Crippen LogP contribution >= 0.6 is 0 Å². The topological polar surface area (TPSA) is 87.2 Å². The van der Waals surface area contributed by atoms with Gasteiger partial charge in [-0.25, -0.2) is 8.42 Å². The number of carbonyl (C=O) groups is 1. The second-order valence-electron chi connectivity index (χ2n) is 7.71. The van der Waals surface area contributed by atoms with Crippen LogP contribution in [0.4, 0.5) is 5.69 Å². The number of para-hydroxylation sites is 1. The van der Waals surface area contributed by atoms with Gasteiger partial charge in [0.1, 0.15) is 12.1 Å². The number of piperidine rings is 1. The summed E-state index contributed by atoms with van der Waals surface area (Å²) in [6.07, 6.45) is 1.99. The molecule has 7 nitrogen and oxygen atoms in total. The van der Waals surface area contributed by atoms with Crippen LogP contribution < -0.4 is 4.31 Å². The van der Waals surface area contributed by atoms with Gasteiger partial charge in [-0.15, -0.1) is 0 Å².